The van der Waals surface area contributed by atoms with Gasteiger partial charge in [-0.1, -0.05) is 29.8 Å². The van der Waals surface area contributed by atoms with Crippen molar-refractivity contribution >= 4 is 5.69 Å². The van der Waals surface area contributed by atoms with Crippen LogP contribution in [0.15, 0.2) is 42.5 Å². The Labute approximate surface area is 95.0 Å². The molecule has 0 saturated heterocycles. The molecule has 16 heavy (non-hydrogen) atoms. The summed E-state index contributed by atoms with van der Waals surface area (Å²) in [6, 6.07) is 15.7. The van der Waals surface area contributed by atoms with E-state index in [1.54, 1.807) is 6.07 Å². The molecule has 0 aliphatic heterocycles. The van der Waals surface area contributed by atoms with Gasteiger partial charge in [-0.25, -0.2) is 0 Å². The van der Waals surface area contributed by atoms with Gasteiger partial charge in [0, 0.05) is 5.69 Å². The Morgan fingerprint density at radius 2 is 1.88 bits per heavy atom. The fourth-order valence-electron chi connectivity index (χ4n) is 1.71. The predicted octanol–water partition coefficient (Wildman–Crippen LogP) is 3.12. The molecule has 0 spiro atoms. The number of nitrogen functional groups attached to an aromatic ring is 1. The van der Waals surface area contributed by atoms with E-state index in [0.29, 0.717) is 11.3 Å². The van der Waals surface area contributed by atoms with Gasteiger partial charge in [-0.3, -0.25) is 0 Å². The molecule has 0 aromatic heterocycles. The van der Waals surface area contributed by atoms with Crippen LogP contribution in [0.1, 0.15) is 11.1 Å². The number of nitriles is 1. The van der Waals surface area contributed by atoms with E-state index >= 15 is 0 Å². The number of hydrogen-bond donors (Lipinski definition) is 1. The second-order valence-corrected chi connectivity index (χ2v) is 3.82. The van der Waals surface area contributed by atoms with Crippen LogP contribution in [0.5, 0.6) is 0 Å². The zero-order valence-electron chi connectivity index (χ0n) is 9.07. The molecule has 0 fully saturated rings. The van der Waals surface area contributed by atoms with Crippen LogP contribution in [0.3, 0.4) is 0 Å². The van der Waals surface area contributed by atoms with E-state index in [1.807, 2.05) is 37.3 Å². The van der Waals surface area contributed by atoms with Gasteiger partial charge < -0.3 is 5.73 Å². The molecule has 0 aliphatic carbocycles. The van der Waals surface area contributed by atoms with Crippen LogP contribution in [0.25, 0.3) is 11.1 Å². The van der Waals surface area contributed by atoms with Crippen LogP contribution >= 0.6 is 0 Å². The van der Waals surface area contributed by atoms with Gasteiger partial charge in [-0.2, -0.15) is 5.26 Å². The molecule has 2 N–H and O–H groups in total. The van der Waals surface area contributed by atoms with E-state index in [2.05, 4.69) is 12.1 Å². The average Bonchev–Trinajstić information content (AvgIpc) is 2.28. The highest BCUT2D eigenvalue weighted by atomic mass is 14.5. The lowest BCUT2D eigenvalue weighted by atomic mass is 10.0. The number of rotatable bonds is 1. The summed E-state index contributed by atoms with van der Waals surface area (Å²) >= 11 is 0. The number of aryl methyl sites for hydroxylation is 1. The molecule has 0 aliphatic rings. The topological polar surface area (TPSA) is 49.8 Å². The van der Waals surface area contributed by atoms with Crippen molar-refractivity contribution in [1.29, 1.82) is 5.26 Å². The fraction of sp³-hybridized carbons (Fsp3) is 0.0714. The van der Waals surface area contributed by atoms with E-state index in [1.165, 1.54) is 5.56 Å². The van der Waals surface area contributed by atoms with Gasteiger partial charge in [-0.15, -0.1) is 0 Å². The molecule has 78 valence electrons. The molecule has 2 rings (SSSR count). The highest BCUT2D eigenvalue weighted by Crippen LogP contribution is 2.24. The van der Waals surface area contributed by atoms with Crippen LogP contribution < -0.4 is 5.73 Å². The first-order valence-electron chi connectivity index (χ1n) is 5.07. The summed E-state index contributed by atoms with van der Waals surface area (Å²) in [5.41, 5.74) is 10.2. The number of nitrogens with zero attached hydrogens (tertiary/aromatic N) is 1. The third kappa shape index (κ3) is 2.04. The Kier molecular flexibility index (Phi) is 2.61. The van der Waals surface area contributed by atoms with Gasteiger partial charge >= 0.3 is 0 Å². The van der Waals surface area contributed by atoms with Crippen molar-refractivity contribution in [2.75, 3.05) is 5.73 Å². The molecular formula is C14H12N2. The van der Waals surface area contributed by atoms with Crippen LogP contribution in [0.2, 0.25) is 0 Å². The molecule has 0 saturated carbocycles. The van der Waals surface area contributed by atoms with Crippen LogP contribution in [0.4, 0.5) is 5.69 Å². The quantitative estimate of drug-likeness (QED) is 0.732. The zero-order chi connectivity index (χ0) is 11.5. The van der Waals surface area contributed by atoms with Crippen LogP contribution in [-0.2, 0) is 0 Å². The van der Waals surface area contributed by atoms with Crippen LogP contribution in [0, 0.1) is 18.3 Å². The number of anilines is 1. The van der Waals surface area contributed by atoms with Gasteiger partial charge in [0.2, 0.25) is 0 Å². The average molecular weight is 208 g/mol. The van der Waals surface area contributed by atoms with E-state index in [0.717, 1.165) is 11.1 Å². The smallest absolute Gasteiger partial charge is 0.0992 e. The molecule has 2 aromatic rings. The van der Waals surface area contributed by atoms with E-state index in [-0.39, 0.29) is 0 Å². The monoisotopic (exact) mass is 208 g/mol. The van der Waals surface area contributed by atoms with Gasteiger partial charge in [0.05, 0.1) is 11.6 Å². The fourth-order valence-corrected chi connectivity index (χ4v) is 1.71. The molecule has 0 unspecified atom stereocenters. The second kappa shape index (κ2) is 4.08. The number of hydrogen-bond acceptors (Lipinski definition) is 2. The van der Waals surface area contributed by atoms with E-state index in [4.69, 9.17) is 11.0 Å². The highest BCUT2D eigenvalue weighted by Gasteiger charge is 2.01. The van der Waals surface area contributed by atoms with Crippen molar-refractivity contribution in [2.24, 2.45) is 0 Å². The summed E-state index contributed by atoms with van der Waals surface area (Å²) in [6.45, 7) is 2.04. The Bertz CT molecular complexity index is 565. The molecule has 0 amide bonds. The SMILES string of the molecule is Cc1cccc(-c2cc(N)cc(C#N)c2)c1. The minimum atomic E-state index is 0.594. The maximum absolute atomic E-state index is 8.88. The second-order valence-electron chi connectivity index (χ2n) is 3.82. The zero-order valence-corrected chi connectivity index (χ0v) is 9.07. The lowest BCUT2D eigenvalue weighted by Crippen LogP contribution is -1.88. The largest absolute Gasteiger partial charge is 0.399 e. The van der Waals surface area contributed by atoms with Crippen LogP contribution in [-0.4, -0.2) is 0 Å². The lowest BCUT2D eigenvalue weighted by molar-refractivity contribution is 1.45. The van der Waals surface area contributed by atoms with E-state index in [9.17, 15) is 0 Å². The van der Waals surface area contributed by atoms with E-state index < -0.39 is 0 Å². The Hall–Kier alpha value is -2.27. The third-order valence-corrected chi connectivity index (χ3v) is 2.44. The first-order chi connectivity index (χ1) is 7.69. The summed E-state index contributed by atoms with van der Waals surface area (Å²) in [6.07, 6.45) is 0. The van der Waals surface area contributed by atoms with Gasteiger partial charge in [-0.05, 0) is 36.2 Å². The van der Waals surface area contributed by atoms with Crippen molar-refractivity contribution < 1.29 is 0 Å². The van der Waals surface area contributed by atoms with Crippen molar-refractivity contribution in [2.45, 2.75) is 6.92 Å². The Balaban J connectivity index is 2.56. The van der Waals surface area contributed by atoms with Gasteiger partial charge in [0.1, 0.15) is 0 Å². The maximum Gasteiger partial charge on any atom is 0.0992 e. The minimum Gasteiger partial charge on any atom is -0.399 e. The summed E-state index contributed by atoms with van der Waals surface area (Å²) < 4.78 is 0. The first-order valence-corrected chi connectivity index (χ1v) is 5.07. The molecule has 0 atom stereocenters. The van der Waals surface area contributed by atoms with Crippen molar-refractivity contribution in [3.8, 4) is 17.2 Å². The van der Waals surface area contributed by atoms with Crippen molar-refractivity contribution in [3.63, 3.8) is 0 Å². The highest BCUT2D eigenvalue weighted by molar-refractivity contribution is 5.70. The molecule has 2 nitrogen and oxygen atoms in total. The van der Waals surface area contributed by atoms with Crippen molar-refractivity contribution in [1.82, 2.24) is 0 Å². The summed E-state index contributed by atoms with van der Waals surface area (Å²) in [4.78, 5) is 0. The molecule has 2 aromatic carbocycles. The third-order valence-electron chi connectivity index (χ3n) is 2.44. The lowest BCUT2D eigenvalue weighted by Gasteiger charge is -2.05. The summed E-state index contributed by atoms with van der Waals surface area (Å²) in [5.74, 6) is 0. The normalized spacial score (nSPS) is 9.75. The summed E-state index contributed by atoms with van der Waals surface area (Å²) in [7, 11) is 0. The maximum atomic E-state index is 8.88. The molecule has 0 radical (unpaired) electrons. The Morgan fingerprint density at radius 3 is 2.56 bits per heavy atom. The molecule has 0 bridgehead atoms. The first kappa shape index (κ1) is 10.3. The number of nitrogens with two attached hydrogens (primary N) is 1. The summed E-state index contributed by atoms with van der Waals surface area (Å²) in [5, 5.41) is 8.88. The molecular weight excluding hydrogens is 196 g/mol. The molecule has 2 heteroatoms. The van der Waals surface area contributed by atoms with Gasteiger partial charge in [0.15, 0.2) is 0 Å². The standard InChI is InChI=1S/C14H12N2/c1-10-3-2-4-12(5-10)13-6-11(9-15)7-14(16)8-13/h2-8H,16H2,1H3. The minimum absolute atomic E-state index is 0.594. The van der Waals surface area contributed by atoms with Crippen molar-refractivity contribution in [3.05, 3.63) is 53.6 Å². The van der Waals surface area contributed by atoms with Gasteiger partial charge in [0.25, 0.3) is 0 Å². The number of benzene rings is 2. The molecule has 0 heterocycles. The Morgan fingerprint density at radius 1 is 1.06 bits per heavy atom. The predicted molar refractivity (Wildman–Crippen MR) is 65.7 cm³/mol.